The highest BCUT2D eigenvalue weighted by Crippen LogP contribution is 2.20. The summed E-state index contributed by atoms with van der Waals surface area (Å²) in [6.07, 6.45) is 1.67. The zero-order valence-electron chi connectivity index (χ0n) is 15.7. The predicted octanol–water partition coefficient (Wildman–Crippen LogP) is 2.08. The molecule has 0 heterocycles. The normalized spacial score (nSPS) is 10.9. The van der Waals surface area contributed by atoms with Gasteiger partial charge in [0.05, 0.1) is 28.8 Å². The van der Waals surface area contributed by atoms with Gasteiger partial charge in [-0.05, 0) is 30.7 Å². The largest absolute Gasteiger partial charge is 0.385 e. The Morgan fingerprint density at radius 2 is 1.50 bits per heavy atom. The van der Waals surface area contributed by atoms with Gasteiger partial charge in [0.15, 0.2) is 0 Å². The van der Waals surface area contributed by atoms with Crippen LogP contribution in [0.1, 0.15) is 27.1 Å². The summed E-state index contributed by atoms with van der Waals surface area (Å²) in [5, 5.41) is 5.44. The van der Waals surface area contributed by atoms with Crippen molar-refractivity contribution >= 4 is 33.2 Å². The van der Waals surface area contributed by atoms with Gasteiger partial charge in [-0.25, -0.2) is 8.42 Å². The Hall–Kier alpha value is -2.91. The first kappa shape index (κ1) is 21.4. The minimum atomic E-state index is -3.55. The summed E-state index contributed by atoms with van der Waals surface area (Å²) in [4.78, 5) is 25.1. The van der Waals surface area contributed by atoms with Crippen LogP contribution >= 0.6 is 0 Å². The van der Waals surface area contributed by atoms with Crippen LogP contribution in [0.3, 0.4) is 0 Å². The number of benzene rings is 2. The molecule has 8 nitrogen and oxygen atoms in total. The van der Waals surface area contributed by atoms with Crippen LogP contribution in [0.2, 0.25) is 0 Å². The third-order valence-corrected chi connectivity index (χ3v) is 4.29. The Bertz CT molecular complexity index is 944. The molecule has 0 atom stereocenters. The molecule has 9 heteroatoms. The van der Waals surface area contributed by atoms with Gasteiger partial charge < -0.3 is 15.4 Å². The molecule has 0 aliphatic heterocycles. The predicted molar refractivity (Wildman–Crippen MR) is 108 cm³/mol. The standard InChI is InChI=1S/C19H23N3O5S/c1-27-13-7-12-20-18(23)14-8-3-5-10-16(14)21-19(24)15-9-4-6-11-17(15)22-28(2,25)26/h3-6,8-11,22H,7,12-13H2,1-2H3,(H,20,23)(H,21,24). The van der Waals surface area contributed by atoms with Crippen LogP contribution in [-0.4, -0.2) is 46.7 Å². The number of hydrogen-bond donors (Lipinski definition) is 3. The number of rotatable bonds is 9. The monoisotopic (exact) mass is 405 g/mol. The molecule has 0 saturated heterocycles. The fourth-order valence-corrected chi connectivity index (χ4v) is 3.04. The van der Waals surface area contributed by atoms with Crippen molar-refractivity contribution in [3.63, 3.8) is 0 Å². The summed E-state index contributed by atoms with van der Waals surface area (Å²) in [5.74, 6) is -0.860. The van der Waals surface area contributed by atoms with Crippen molar-refractivity contribution in [1.82, 2.24) is 5.32 Å². The molecule has 0 fully saturated rings. The van der Waals surface area contributed by atoms with Gasteiger partial charge in [-0.3, -0.25) is 14.3 Å². The summed E-state index contributed by atoms with van der Waals surface area (Å²) >= 11 is 0. The van der Waals surface area contributed by atoms with Crippen molar-refractivity contribution in [3.05, 3.63) is 59.7 Å². The first-order chi connectivity index (χ1) is 13.3. The topological polar surface area (TPSA) is 114 Å². The van der Waals surface area contributed by atoms with Crippen LogP contribution < -0.4 is 15.4 Å². The van der Waals surface area contributed by atoms with E-state index in [0.717, 1.165) is 6.26 Å². The van der Waals surface area contributed by atoms with Crippen LogP contribution in [0.5, 0.6) is 0 Å². The molecule has 0 unspecified atom stereocenters. The number of carbonyl (C=O) groups excluding carboxylic acids is 2. The van der Waals surface area contributed by atoms with E-state index in [1.54, 1.807) is 43.5 Å². The summed E-state index contributed by atoms with van der Waals surface area (Å²) in [7, 11) is -1.96. The summed E-state index contributed by atoms with van der Waals surface area (Å²) < 4.78 is 30.3. The van der Waals surface area contributed by atoms with E-state index in [1.807, 2.05) is 0 Å². The van der Waals surface area contributed by atoms with Crippen molar-refractivity contribution < 1.29 is 22.7 Å². The van der Waals surface area contributed by atoms with Crippen LogP contribution in [0, 0.1) is 0 Å². The number of methoxy groups -OCH3 is 1. The number of sulfonamides is 1. The van der Waals surface area contributed by atoms with Crippen LogP contribution in [0.25, 0.3) is 0 Å². The van der Waals surface area contributed by atoms with Crippen LogP contribution in [0.15, 0.2) is 48.5 Å². The van der Waals surface area contributed by atoms with E-state index in [4.69, 9.17) is 4.74 Å². The number of amides is 2. The maximum atomic E-state index is 12.7. The van der Waals surface area contributed by atoms with Crippen molar-refractivity contribution in [3.8, 4) is 0 Å². The lowest BCUT2D eigenvalue weighted by Gasteiger charge is -2.13. The molecule has 28 heavy (non-hydrogen) atoms. The van der Waals surface area contributed by atoms with E-state index in [2.05, 4.69) is 15.4 Å². The van der Waals surface area contributed by atoms with E-state index < -0.39 is 15.9 Å². The van der Waals surface area contributed by atoms with Crippen molar-refractivity contribution in [1.29, 1.82) is 0 Å². The van der Waals surface area contributed by atoms with Gasteiger partial charge in [0.2, 0.25) is 10.0 Å². The lowest BCUT2D eigenvalue weighted by atomic mass is 10.1. The fraction of sp³-hybridized carbons (Fsp3) is 0.263. The number of ether oxygens (including phenoxy) is 1. The third kappa shape index (κ3) is 6.36. The number of anilines is 2. The van der Waals surface area contributed by atoms with Gasteiger partial charge in [-0.15, -0.1) is 0 Å². The van der Waals surface area contributed by atoms with Crippen LogP contribution in [-0.2, 0) is 14.8 Å². The lowest BCUT2D eigenvalue weighted by Crippen LogP contribution is -2.27. The Morgan fingerprint density at radius 1 is 0.929 bits per heavy atom. The highest BCUT2D eigenvalue weighted by molar-refractivity contribution is 7.92. The minimum absolute atomic E-state index is 0.142. The highest BCUT2D eigenvalue weighted by Gasteiger charge is 2.17. The lowest BCUT2D eigenvalue weighted by molar-refractivity contribution is 0.0949. The Labute approximate surface area is 164 Å². The second-order valence-electron chi connectivity index (χ2n) is 6.02. The SMILES string of the molecule is COCCCNC(=O)c1ccccc1NC(=O)c1ccccc1NS(C)(=O)=O. The van der Waals surface area contributed by atoms with Crippen molar-refractivity contribution in [2.45, 2.75) is 6.42 Å². The maximum Gasteiger partial charge on any atom is 0.257 e. The second-order valence-corrected chi connectivity index (χ2v) is 7.77. The summed E-state index contributed by atoms with van der Waals surface area (Å²) in [6, 6.07) is 12.8. The zero-order valence-corrected chi connectivity index (χ0v) is 16.5. The fourth-order valence-electron chi connectivity index (χ4n) is 2.46. The molecule has 0 bridgehead atoms. The molecule has 0 aliphatic carbocycles. The molecule has 2 rings (SSSR count). The molecule has 2 aromatic carbocycles. The van der Waals surface area contributed by atoms with E-state index in [0.29, 0.717) is 30.8 Å². The van der Waals surface area contributed by atoms with Crippen LogP contribution in [0.4, 0.5) is 11.4 Å². The molecule has 0 aliphatic rings. The van der Waals surface area contributed by atoms with E-state index in [-0.39, 0.29) is 17.2 Å². The Morgan fingerprint density at radius 3 is 2.11 bits per heavy atom. The van der Waals surface area contributed by atoms with E-state index in [1.165, 1.54) is 12.1 Å². The highest BCUT2D eigenvalue weighted by atomic mass is 32.2. The Kier molecular flexibility index (Phi) is 7.53. The zero-order chi connectivity index (χ0) is 20.6. The second kappa shape index (κ2) is 9.86. The molecule has 2 aromatic rings. The van der Waals surface area contributed by atoms with Gasteiger partial charge in [0, 0.05) is 20.3 Å². The average Bonchev–Trinajstić information content (AvgIpc) is 2.64. The first-order valence-corrected chi connectivity index (χ1v) is 10.5. The van der Waals surface area contributed by atoms with Gasteiger partial charge in [0.25, 0.3) is 11.8 Å². The van der Waals surface area contributed by atoms with E-state index in [9.17, 15) is 18.0 Å². The number of hydrogen-bond acceptors (Lipinski definition) is 5. The van der Waals surface area contributed by atoms with Gasteiger partial charge >= 0.3 is 0 Å². The molecule has 0 aromatic heterocycles. The molecular formula is C19H23N3O5S. The number of nitrogens with one attached hydrogen (secondary N) is 3. The molecule has 3 N–H and O–H groups in total. The van der Waals surface area contributed by atoms with Gasteiger partial charge in [-0.1, -0.05) is 24.3 Å². The molecule has 0 spiro atoms. The molecule has 0 saturated carbocycles. The molecule has 2 amide bonds. The number of para-hydroxylation sites is 2. The first-order valence-electron chi connectivity index (χ1n) is 8.56. The average molecular weight is 405 g/mol. The summed E-state index contributed by atoms with van der Waals surface area (Å²) in [5.41, 5.74) is 0.931. The maximum absolute atomic E-state index is 12.7. The van der Waals surface area contributed by atoms with Crippen molar-refractivity contribution in [2.24, 2.45) is 0 Å². The quantitative estimate of drug-likeness (QED) is 0.553. The minimum Gasteiger partial charge on any atom is -0.385 e. The smallest absolute Gasteiger partial charge is 0.257 e. The molecular weight excluding hydrogens is 382 g/mol. The molecule has 0 radical (unpaired) electrons. The molecule has 150 valence electrons. The van der Waals surface area contributed by atoms with Crippen molar-refractivity contribution in [2.75, 3.05) is 36.6 Å². The van der Waals surface area contributed by atoms with Gasteiger partial charge in [-0.2, -0.15) is 0 Å². The summed E-state index contributed by atoms with van der Waals surface area (Å²) in [6.45, 7) is 0.971. The van der Waals surface area contributed by atoms with Gasteiger partial charge in [0.1, 0.15) is 0 Å². The van der Waals surface area contributed by atoms with E-state index >= 15 is 0 Å². The third-order valence-electron chi connectivity index (χ3n) is 3.70. The Balaban J connectivity index is 2.18. The number of carbonyl (C=O) groups is 2.